The van der Waals surface area contributed by atoms with Crippen LogP contribution in [0.2, 0.25) is 0 Å². The molecule has 0 saturated carbocycles. The molecule has 0 unspecified atom stereocenters. The molecule has 0 aliphatic carbocycles. The highest BCUT2D eigenvalue weighted by atomic mass is 19.1. The van der Waals surface area contributed by atoms with E-state index < -0.39 is 29.1 Å². The number of amides is 4. The first-order valence-corrected chi connectivity index (χ1v) is 10.0. The summed E-state index contributed by atoms with van der Waals surface area (Å²) in [5, 5.41) is 5.27. The Morgan fingerprint density at radius 2 is 1.77 bits per heavy atom. The number of rotatable bonds is 5. The Hall–Kier alpha value is -3.33. The van der Waals surface area contributed by atoms with Crippen LogP contribution in [0.3, 0.4) is 0 Å². The van der Waals surface area contributed by atoms with Crippen LogP contribution >= 0.6 is 0 Å². The van der Waals surface area contributed by atoms with Crippen molar-refractivity contribution in [2.75, 3.05) is 25.0 Å². The van der Waals surface area contributed by atoms with Crippen molar-refractivity contribution in [3.8, 4) is 0 Å². The van der Waals surface area contributed by atoms with Gasteiger partial charge in [-0.25, -0.2) is 13.6 Å². The summed E-state index contributed by atoms with van der Waals surface area (Å²) < 4.78 is 26.7. The number of halogens is 2. The van der Waals surface area contributed by atoms with Gasteiger partial charge in [-0.05, 0) is 30.5 Å². The molecule has 7 nitrogen and oxygen atoms in total. The molecule has 4 rings (SSSR count). The molecule has 0 atom stereocenters. The first-order valence-electron chi connectivity index (χ1n) is 10.0. The molecule has 162 valence electrons. The van der Waals surface area contributed by atoms with Gasteiger partial charge in [0, 0.05) is 19.2 Å². The summed E-state index contributed by atoms with van der Waals surface area (Å²) in [6.07, 6.45) is 0.752. The summed E-state index contributed by atoms with van der Waals surface area (Å²) >= 11 is 0. The van der Waals surface area contributed by atoms with Crippen LogP contribution in [0, 0.1) is 11.6 Å². The second kappa shape index (κ2) is 8.43. The van der Waals surface area contributed by atoms with Crippen molar-refractivity contribution in [2.45, 2.75) is 24.9 Å². The number of likely N-dealkylation sites (tertiary alicyclic amines) is 1. The molecule has 0 bridgehead atoms. The first kappa shape index (κ1) is 20.9. The summed E-state index contributed by atoms with van der Waals surface area (Å²) in [6, 6.07) is 11.8. The average Bonchev–Trinajstić information content (AvgIpc) is 2.97. The number of nitrogens with one attached hydrogen (secondary N) is 2. The maximum Gasteiger partial charge on any atom is 0.325 e. The van der Waals surface area contributed by atoms with Gasteiger partial charge in [0.25, 0.3) is 5.91 Å². The number of piperidine rings is 1. The zero-order valence-corrected chi connectivity index (χ0v) is 16.7. The number of imide groups is 1. The van der Waals surface area contributed by atoms with Gasteiger partial charge in [-0.3, -0.25) is 19.4 Å². The molecule has 0 aromatic heterocycles. The van der Waals surface area contributed by atoms with Crippen molar-refractivity contribution in [3.05, 3.63) is 65.7 Å². The Labute approximate surface area is 178 Å². The molecule has 2 aliphatic heterocycles. The lowest BCUT2D eigenvalue weighted by molar-refractivity contribution is -0.133. The van der Waals surface area contributed by atoms with Crippen molar-refractivity contribution in [3.63, 3.8) is 0 Å². The van der Waals surface area contributed by atoms with Crippen LogP contribution in [-0.2, 0) is 16.1 Å². The summed E-state index contributed by atoms with van der Waals surface area (Å²) in [5.41, 5.74) is -0.179. The van der Waals surface area contributed by atoms with Gasteiger partial charge in [-0.15, -0.1) is 0 Å². The monoisotopic (exact) mass is 428 g/mol. The summed E-state index contributed by atoms with van der Waals surface area (Å²) in [4.78, 5) is 40.7. The van der Waals surface area contributed by atoms with E-state index in [0.29, 0.717) is 32.0 Å². The van der Waals surface area contributed by atoms with Gasteiger partial charge >= 0.3 is 6.03 Å². The van der Waals surface area contributed by atoms with E-state index in [4.69, 9.17) is 0 Å². The Morgan fingerprint density at radius 3 is 2.45 bits per heavy atom. The number of benzene rings is 2. The van der Waals surface area contributed by atoms with Crippen LogP contribution in [-0.4, -0.2) is 52.8 Å². The third-order valence-electron chi connectivity index (χ3n) is 5.71. The molecule has 2 aliphatic rings. The molecule has 1 spiro atoms. The van der Waals surface area contributed by atoms with E-state index >= 15 is 0 Å². The number of anilines is 1. The predicted molar refractivity (Wildman–Crippen MR) is 109 cm³/mol. The van der Waals surface area contributed by atoms with Gasteiger partial charge in [0.05, 0.1) is 18.8 Å². The zero-order chi connectivity index (χ0) is 22.0. The average molecular weight is 428 g/mol. The minimum absolute atomic E-state index is 0.00274. The van der Waals surface area contributed by atoms with Gasteiger partial charge in [-0.1, -0.05) is 30.3 Å². The van der Waals surface area contributed by atoms with E-state index in [9.17, 15) is 23.2 Å². The molecule has 2 N–H and O–H groups in total. The van der Waals surface area contributed by atoms with Gasteiger partial charge in [-0.2, -0.15) is 0 Å². The second-order valence-electron chi connectivity index (χ2n) is 7.84. The van der Waals surface area contributed by atoms with Crippen molar-refractivity contribution in [1.29, 1.82) is 0 Å². The fraction of sp³-hybridized carbons (Fsp3) is 0.318. The molecule has 2 aromatic rings. The number of hydrogen-bond donors (Lipinski definition) is 2. The number of nitrogens with zero attached hydrogens (tertiary/aromatic N) is 2. The summed E-state index contributed by atoms with van der Waals surface area (Å²) in [7, 11) is 0. The smallest absolute Gasteiger partial charge is 0.323 e. The lowest BCUT2D eigenvalue weighted by atomic mass is 9.87. The Bertz CT molecular complexity index is 1010. The Morgan fingerprint density at radius 1 is 1.06 bits per heavy atom. The maximum atomic E-state index is 13.7. The van der Waals surface area contributed by atoms with Crippen LogP contribution in [0.1, 0.15) is 18.4 Å². The second-order valence-corrected chi connectivity index (χ2v) is 7.84. The number of carbonyl (C=O) groups is 3. The van der Waals surface area contributed by atoms with Gasteiger partial charge in [0.1, 0.15) is 17.2 Å². The normalized spacial score (nSPS) is 18.3. The predicted octanol–water partition coefficient (Wildman–Crippen LogP) is 2.49. The molecule has 2 heterocycles. The highest BCUT2D eigenvalue weighted by Crippen LogP contribution is 2.30. The van der Waals surface area contributed by atoms with Gasteiger partial charge in [0.2, 0.25) is 5.91 Å². The molecular weight excluding hydrogens is 406 g/mol. The highest BCUT2D eigenvalue weighted by Gasteiger charge is 2.52. The topological polar surface area (TPSA) is 81.8 Å². The van der Waals surface area contributed by atoms with E-state index in [2.05, 4.69) is 10.6 Å². The van der Waals surface area contributed by atoms with Crippen LogP contribution in [0.5, 0.6) is 0 Å². The van der Waals surface area contributed by atoms with Crippen molar-refractivity contribution in [2.24, 2.45) is 0 Å². The zero-order valence-electron chi connectivity index (χ0n) is 16.7. The highest BCUT2D eigenvalue weighted by molar-refractivity contribution is 6.07. The fourth-order valence-electron chi connectivity index (χ4n) is 4.00. The van der Waals surface area contributed by atoms with E-state index in [-0.39, 0.29) is 24.7 Å². The third kappa shape index (κ3) is 4.41. The van der Waals surface area contributed by atoms with E-state index in [0.717, 1.165) is 11.6 Å². The third-order valence-corrected chi connectivity index (χ3v) is 5.71. The van der Waals surface area contributed by atoms with Crippen LogP contribution in [0.15, 0.2) is 48.5 Å². The van der Waals surface area contributed by atoms with Gasteiger partial charge in [0.15, 0.2) is 0 Å². The molecule has 4 amide bonds. The molecule has 2 aromatic carbocycles. The van der Waals surface area contributed by atoms with Gasteiger partial charge < -0.3 is 10.6 Å². The standard InChI is InChI=1S/C22H22F2N4O3/c23-16-6-7-18(17(24)12-16)25-19(29)14-27-10-8-22(9-11-27)20(30)28(21(31)26-22)13-15-4-2-1-3-5-15/h1-7,12H,8-11,13-14H2,(H,25,29)(H,26,31). The number of urea groups is 1. The molecule has 2 fully saturated rings. The van der Waals surface area contributed by atoms with Crippen LogP contribution in [0.4, 0.5) is 19.3 Å². The molecular formula is C22H22F2N4O3. The number of hydrogen-bond acceptors (Lipinski definition) is 4. The van der Waals surface area contributed by atoms with E-state index in [1.54, 1.807) is 0 Å². The largest absolute Gasteiger partial charge is 0.325 e. The maximum absolute atomic E-state index is 13.7. The summed E-state index contributed by atoms with van der Waals surface area (Å²) in [5.74, 6) is -2.25. The number of carbonyl (C=O) groups excluding carboxylic acids is 3. The van der Waals surface area contributed by atoms with Crippen molar-refractivity contribution >= 4 is 23.5 Å². The Kier molecular flexibility index (Phi) is 5.69. The van der Waals surface area contributed by atoms with E-state index in [1.807, 2.05) is 35.2 Å². The lowest BCUT2D eigenvalue weighted by Crippen LogP contribution is -2.55. The fourth-order valence-corrected chi connectivity index (χ4v) is 4.00. The van der Waals surface area contributed by atoms with Crippen LogP contribution in [0.25, 0.3) is 0 Å². The molecule has 0 radical (unpaired) electrons. The van der Waals surface area contributed by atoms with E-state index in [1.165, 1.54) is 11.0 Å². The van der Waals surface area contributed by atoms with Crippen molar-refractivity contribution < 1.29 is 23.2 Å². The summed E-state index contributed by atoms with van der Waals surface area (Å²) in [6.45, 7) is 1.06. The molecule has 31 heavy (non-hydrogen) atoms. The lowest BCUT2D eigenvalue weighted by Gasteiger charge is -2.36. The quantitative estimate of drug-likeness (QED) is 0.717. The molecule has 9 heteroatoms. The van der Waals surface area contributed by atoms with Crippen LogP contribution < -0.4 is 10.6 Å². The first-order chi connectivity index (χ1) is 14.9. The minimum Gasteiger partial charge on any atom is -0.323 e. The minimum atomic E-state index is -0.956. The SMILES string of the molecule is O=C(CN1CCC2(CC1)NC(=O)N(Cc1ccccc1)C2=O)Nc1ccc(F)cc1F. The van der Waals surface area contributed by atoms with Crippen molar-refractivity contribution in [1.82, 2.24) is 15.1 Å². The molecule has 2 saturated heterocycles. The Balaban J connectivity index is 1.33.